The first-order chi connectivity index (χ1) is 15.8. The first-order valence-electron chi connectivity index (χ1n) is 10.8. The fourth-order valence-corrected chi connectivity index (χ4v) is 5.98. The second kappa shape index (κ2) is 8.28. The van der Waals surface area contributed by atoms with E-state index in [1.165, 1.54) is 22.5 Å². The van der Waals surface area contributed by atoms with E-state index in [-0.39, 0.29) is 17.5 Å². The Labute approximate surface area is 193 Å². The van der Waals surface area contributed by atoms with E-state index in [1.807, 2.05) is 56.3 Å². The third-order valence-corrected chi connectivity index (χ3v) is 7.97. The van der Waals surface area contributed by atoms with E-state index in [2.05, 4.69) is 4.90 Å². The molecule has 1 unspecified atom stereocenters. The molecule has 2 aliphatic rings. The van der Waals surface area contributed by atoms with Gasteiger partial charge in [0, 0.05) is 25.7 Å². The molecule has 8 heteroatoms. The van der Waals surface area contributed by atoms with Crippen LogP contribution in [-0.4, -0.2) is 49.1 Å². The summed E-state index contributed by atoms with van der Waals surface area (Å²) >= 11 is 0. The summed E-state index contributed by atoms with van der Waals surface area (Å²) in [5.41, 5.74) is 2.68. The van der Waals surface area contributed by atoms with Crippen LogP contribution < -0.4 is 4.74 Å². The quantitative estimate of drug-likeness (QED) is 0.550. The van der Waals surface area contributed by atoms with Crippen molar-refractivity contribution in [2.75, 3.05) is 19.6 Å². The zero-order chi connectivity index (χ0) is 23.2. The number of para-hydroxylation sites is 2. The number of piperazine rings is 1. The number of ether oxygens (including phenoxy) is 1. The summed E-state index contributed by atoms with van der Waals surface area (Å²) in [7, 11) is -3.81. The minimum atomic E-state index is -3.81. The van der Waals surface area contributed by atoms with Crippen LogP contribution in [0, 0.1) is 12.7 Å². The number of hydrogen-bond acceptors (Lipinski definition) is 5. The number of aliphatic imine (C=N–C) groups is 1. The lowest BCUT2D eigenvalue weighted by atomic mass is 10.1. The molecule has 170 valence electrons. The maximum Gasteiger partial charge on any atom is 0.243 e. The van der Waals surface area contributed by atoms with Gasteiger partial charge in [-0.15, -0.1) is 0 Å². The fourth-order valence-electron chi connectivity index (χ4n) is 4.33. The summed E-state index contributed by atoms with van der Waals surface area (Å²) in [5.74, 6) is 1.58. The zero-order valence-corrected chi connectivity index (χ0v) is 19.2. The molecule has 0 aliphatic carbocycles. The summed E-state index contributed by atoms with van der Waals surface area (Å²) in [6.45, 7) is 5.04. The molecule has 6 nitrogen and oxygen atoms in total. The lowest BCUT2D eigenvalue weighted by Crippen LogP contribution is -2.55. The Morgan fingerprint density at radius 2 is 1.82 bits per heavy atom. The van der Waals surface area contributed by atoms with E-state index in [4.69, 9.17) is 9.73 Å². The molecular formula is C25H24FN3O3S. The Balaban J connectivity index is 1.49. The predicted octanol–water partition coefficient (Wildman–Crippen LogP) is 4.71. The number of sulfonamides is 1. The molecular weight excluding hydrogens is 441 g/mol. The van der Waals surface area contributed by atoms with Crippen LogP contribution in [0.1, 0.15) is 18.1 Å². The molecule has 0 aromatic heterocycles. The molecule has 1 fully saturated rings. The number of amidine groups is 1. The molecule has 0 radical (unpaired) electrons. The molecule has 0 amide bonds. The first-order valence-corrected chi connectivity index (χ1v) is 12.3. The van der Waals surface area contributed by atoms with Crippen LogP contribution in [0.3, 0.4) is 0 Å². The minimum absolute atomic E-state index is 0.0297. The summed E-state index contributed by atoms with van der Waals surface area (Å²) in [6, 6.07) is 18.4. The van der Waals surface area contributed by atoms with Gasteiger partial charge in [-0.2, -0.15) is 4.31 Å². The maximum absolute atomic E-state index is 13.7. The molecule has 3 aromatic carbocycles. The lowest BCUT2D eigenvalue weighted by molar-refractivity contribution is 0.205. The molecule has 3 aromatic rings. The van der Waals surface area contributed by atoms with E-state index in [9.17, 15) is 12.8 Å². The molecule has 33 heavy (non-hydrogen) atoms. The molecule has 2 aliphatic heterocycles. The van der Waals surface area contributed by atoms with Gasteiger partial charge >= 0.3 is 0 Å². The number of halogens is 1. The Morgan fingerprint density at radius 3 is 2.61 bits per heavy atom. The monoisotopic (exact) mass is 465 g/mol. The molecule has 0 bridgehead atoms. The second-order valence-electron chi connectivity index (χ2n) is 8.37. The number of benzene rings is 3. The van der Waals surface area contributed by atoms with E-state index < -0.39 is 15.8 Å². The van der Waals surface area contributed by atoms with Gasteiger partial charge in [0.05, 0.1) is 10.5 Å². The Morgan fingerprint density at radius 1 is 1.00 bits per heavy atom. The molecule has 2 heterocycles. The lowest BCUT2D eigenvalue weighted by Gasteiger charge is -2.40. The van der Waals surface area contributed by atoms with E-state index >= 15 is 0 Å². The highest BCUT2D eigenvalue weighted by Gasteiger charge is 2.36. The summed E-state index contributed by atoms with van der Waals surface area (Å²) in [5, 5.41) is 0. The van der Waals surface area contributed by atoms with Gasteiger partial charge < -0.3 is 9.64 Å². The van der Waals surface area contributed by atoms with Gasteiger partial charge in [0.1, 0.15) is 23.1 Å². The van der Waals surface area contributed by atoms with Gasteiger partial charge in [0.15, 0.2) is 5.75 Å². The van der Waals surface area contributed by atoms with Gasteiger partial charge in [-0.1, -0.05) is 29.8 Å². The highest BCUT2D eigenvalue weighted by atomic mass is 32.2. The minimum Gasteiger partial charge on any atom is -0.454 e. The topological polar surface area (TPSA) is 62.2 Å². The van der Waals surface area contributed by atoms with Crippen molar-refractivity contribution in [3.8, 4) is 11.5 Å². The van der Waals surface area contributed by atoms with Crippen LogP contribution >= 0.6 is 0 Å². The zero-order valence-electron chi connectivity index (χ0n) is 18.4. The van der Waals surface area contributed by atoms with E-state index in [0.717, 1.165) is 28.7 Å². The van der Waals surface area contributed by atoms with Gasteiger partial charge in [-0.25, -0.2) is 17.8 Å². The third-order valence-electron chi connectivity index (χ3n) is 5.96. The van der Waals surface area contributed by atoms with Crippen molar-refractivity contribution in [1.82, 2.24) is 9.21 Å². The van der Waals surface area contributed by atoms with Gasteiger partial charge in [0.25, 0.3) is 0 Å². The van der Waals surface area contributed by atoms with Crippen LogP contribution in [0.15, 0.2) is 76.6 Å². The largest absolute Gasteiger partial charge is 0.454 e. The van der Waals surface area contributed by atoms with E-state index in [0.29, 0.717) is 24.6 Å². The van der Waals surface area contributed by atoms with Gasteiger partial charge in [0.2, 0.25) is 10.0 Å². The van der Waals surface area contributed by atoms with Crippen molar-refractivity contribution in [3.63, 3.8) is 0 Å². The highest BCUT2D eigenvalue weighted by Crippen LogP contribution is 2.38. The van der Waals surface area contributed by atoms with Crippen LogP contribution in [0.5, 0.6) is 11.5 Å². The van der Waals surface area contributed by atoms with Crippen molar-refractivity contribution >= 4 is 21.5 Å². The van der Waals surface area contributed by atoms with Crippen molar-refractivity contribution in [2.45, 2.75) is 24.8 Å². The van der Waals surface area contributed by atoms with E-state index in [1.54, 1.807) is 0 Å². The second-order valence-corrected chi connectivity index (χ2v) is 10.3. The summed E-state index contributed by atoms with van der Waals surface area (Å²) in [6.07, 6.45) is 0. The Bertz CT molecular complexity index is 1360. The van der Waals surface area contributed by atoms with Gasteiger partial charge in [-0.3, -0.25) is 0 Å². The molecule has 5 rings (SSSR count). The van der Waals surface area contributed by atoms with Crippen LogP contribution in [0.2, 0.25) is 0 Å². The van der Waals surface area contributed by atoms with Crippen molar-refractivity contribution < 1.29 is 17.5 Å². The Kier molecular flexibility index (Phi) is 5.42. The number of nitrogens with zero attached hydrogens (tertiary/aromatic N) is 3. The molecule has 0 spiro atoms. The number of hydrogen-bond donors (Lipinski definition) is 0. The number of rotatable bonds is 2. The Hall–Kier alpha value is -3.23. The standard InChI is InChI=1S/C25H24FN3O3S/c1-17-10-11-23-21(14-17)25(27-22-8-3-4-9-24(22)32-23)28-12-13-29(18(2)16-28)33(30,31)20-7-5-6-19(26)15-20/h3-11,14-15,18H,12-13,16H2,1-2H3. The first kappa shape index (κ1) is 21.6. The van der Waals surface area contributed by atoms with Crippen molar-refractivity contribution in [2.24, 2.45) is 4.99 Å². The predicted molar refractivity (Wildman–Crippen MR) is 125 cm³/mol. The molecule has 1 saturated heterocycles. The SMILES string of the molecule is Cc1ccc2c(c1)C(N1CCN(S(=O)(=O)c3cccc(F)c3)C(C)C1)=Nc1ccccc1O2. The normalized spacial score (nSPS) is 18.6. The average molecular weight is 466 g/mol. The van der Waals surface area contributed by atoms with Crippen molar-refractivity contribution in [1.29, 1.82) is 0 Å². The van der Waals surface area contributed by atoms with Crippen LogP contribution in [0.4, 0.5) is 10.1 Å². The smallest absolute Gasteiger partial charge is 0.243 e. The molecule has 1 atom stereocenters. The number of fused-ring (bicyclic) bond motifs is 2. The molecule has 0 saturated carbocycles. The average Bonchev–Trinajstić information content (AvgIpc) is 2.95. The number of aryl methyl sites for hydroxylation is 1. The fraction of sp³-hybridized carbons (Fsp3) is 0.240. The summed E-state index contributed by atoms with van der Waals surface area (Å²) in [4.78, 5) is 7.01. The maximum atomic E-state index is 13.7. The van der Waals surface area contributed by atoms with Crippen LogP contribution in [0.25, 0.3) is 0 Å². The van der Waals surface area contributed by atoms with Crippen molar-refractivity contribution in [3.05, 3.63) is 83.7 Å². The van der Waals surface area contributed by atoms with Crippen LogP contribution in [-0.2, 0) is 10.0 Å². The van der Waals surface area contributed by atoms with Gasteiger partial charge in [-0.05, 0) is 56.3 Å². The third kappa shape index (κ3) is 4.00. The highest BCUT2D eigenvalue weighted by molar-refractivity contribution is 7.89. The summed E-state index contributed by atoms with van der Waals surface area (Å²) < 4.78 is 47.7. The molecule has 0 N–H and O–H groups in total.